The van der Waals surface area contributed by atoms with Gasteiger partial charge in [0.15, 0.2) is 0 Å². The standard InChI is InChI=1S/C16H19BrN4/c17-12-6-8-14(9-7-12)21-16-10-15(18-11-19-16)20-13-4-2-1-3-5-13/h6-11,13H,1-5H2,(H2,18,19,20,21). The molecule has 0 radical (unpaired) electrons. The second kappa shape index (κ2) is 6.89. The first-order valence-corrected chi connectivity index (χ1v) is 8.20. The molecule has 0 saturated heterocycles. The summed E-state index contributed by atoms with van der Waals surface area (Å²) in [5, 5.41) is 6.81. The van der Waals surface area contributed by atoms with Crippen LogP contribution in [0, 0.1) is 0 Å². The lowest BCUT2D eigenvalue weighted by atomic mass is 9.95. The number of aromatic nitrogens is 2. The van der Waals surface area contributed by atoms with Crippen LogP contribution in [0.25, 0.3) is 0 Å². The van der Waals surface area contributed by atoms with E-state index in [0.717, 1.165) is 21.8 Å². The zero-order valence-corrected chi connectivity index (χ0v) is 13.4. The minimum atomic E-state index is 0.550. The van der Waals surface area contributed by atoms with Crippen molar-refractivity contribution in [1.29, 1.82) is 0 Å². The average Bonchev–Trinajstić information content (AvgIpc) is 2.51. The van der Waals surface area contributed by atoms with Crippen LogP contribution in [-0.4, -0.2) is 16.0 Å². The number of hydrogen-bond acceptors (Lipinski definition) is 4. The van der Waals surface area contributed by atoms with Crippen LogP contribution in [0.3, 0.4) is 0 Å². The van der Waals surface area contributed by atoms with Crippen molar-refractivity contribution in [3.8, 4) is 0 Å². The number of rotatable bonds is 4. The monoisotopic (exact) mass is 346 g/mol. The number of hydrogen-bond donors (Lipinski definition) is 2. The predicted octanol–water partition coefficient (Wildman–Crippen LogP) is 4.73. The molecule has 2 aromatic rings. The van der Waals surface area contributed by atoms with Crippen LogP contribution >= 0.6 is 15.9 Å². The fraction of sp³-hybridized carbons (Fsp3) is 0.375. The quantitative estimate of drug-likeness (QED) is 0.840. The summed E-state index contributed by atoms with van der Waals surface area (Å²) in [4.78, 5) is 8.60. The Morgan fingerprint density at radius 1 is 0.952 bits per heavy atom. The van der Waals surface area contributed by atoms with Gasteiger partial charge in [0.25, 0.3) is 0 Å². The van der Waals surface area contributed by atoms with Crippen molar-refractivity contribution < 1.29 is 0 Å². The molecule has 4 nitrogen and oxygen atoms in total. The summed E-state index contributed by atoms with van der Waals surface area (Å²) in [7, 11) is 0. The molecule has 1 heterocycles. The lowest BCUT2D eigenvalue weighted by Crippen LogP contribution is -2.22. The number of anilines is 3. The lowest BCUT2D eigenvalue weighted by molar-refractivity contribution is 0.462. The highest BCUT2D eigenvalue weighted by Crippen LogP contribution is 2.22. The summed E-state index contributed by atoms with van der Waals surface area (Å²) in [5.41, 5.74) is 1.01. The number of nitrogens with zero attached hydrogens (tertiary/aromatic N) is 2. The van der Waals surface area contributed by atoms with Gasteiger partial charge >= 0.3 is 0 Å². The third-order valence-corrected chi connectivity index (χ3v) is 4.27. The van der Waals surface area contributed by atoms with Crippen molar-refractivity contribution in [3.63, 3.8) is 0 Å². The van der Waals surface area contributed by atoms with Gasteiger partial charge in [0, 0.05) is 22.3 Å². The molecular weight excluding hydrogens is 328 g/mol. The Morgan fingerprint density at radius 2 is 1.67 bits per heavy atom. The van der Waals surface area contributed by atoms with E-state index in [1.54, 1.807) is 6.33 Å². The molecule has 0 atom stereocenters. The van der Waals surface area contributed by atoms with Crippen molar-refractivity contribution in [2.24, 2.45) is 0 Å². The van der Waals surface area contributed by atoms with Gasteiger partial charge in [-0.05, 0) is 37.1 Å². The Hall–Kier alpha value is -1.62. The van der Waals surface area contributed by atoms with Crippen LogP contribution in [0.5, 0.6) is 0 Å². The normalized spacial score (nSPS) is 15.7. The van der Waals surface area contributed by atoms with Gasteiger partial charge in [-0.15, -0.1) is 0 Å². The minimum absolute atomic E-state index is 0.550. The maximum absolute atomic E-state index is 4.32. The van der Waals surface area contributed by atoms with E-state index in [4.69, 9.17) is 0 Å². The van der Waals surface area contributed by atoms with Gasteiger partial charge in [0.1, 0.15) is 18.0 Å². The molecule has 1 aromatic carbocycles. The molecule has 5 heteroatoms. The fourth-order valence-electron chi connectivity index (χ4n) is 2.64. The highest BCUT2D eigenvalue weighted by Gasteiger charge is 2.13. The average molecular weight is 347 g/mol. The summed E-state index contributed by atoms with van der Waals surface area (Å²) in [5.74, 6) is 1.71. The molecule has 2 N–H and O–H groups in total. The van der Waals surface area contributed by atoms with E-state index in [2.05, 4.69) is 36.5 Å². The lowest BCUT2D eigenvalue weighted by Gasteiger charge is -2.23. The maximum Gasteiger partial charge on any atom is 0.135 e. The van der Waals surface area contributed by atoms with E-state index in [1.165, 1.54) is 32.1 Å². The summed E-state index contributed by atoms with van der Waals surface area (Å²) in [6.45, 7) is 0. The van der Waals surface area contributed by atoms with Crippen molar-refractivity contribution >= 4 is 33.3 Å². The van der Waals surface area contributed by atoms with E-state index in [1.807, 2.05) is 30.3 Å². The van der Waals surface area contributed by atoms with Crippen LogP contribution in [0.2, 0.25) is 0 Å². The maximum atomic E-state index is 4.32. The highest BCUT2D eigenvalue weighted by atomic mass is 79.9. The topological polar surface area (TPSA) is 49.8 Å². The van der Waals surface area contributed by atoms with Crippen LogP contribution in [-0.2, 0) is 0 Å². The van der Waals surface area contributed by atoms with Crippen LogP contribution in [0.4, 0.5) is 17.3 Å². The molecule has 110 valence electrons. The van der Waals surface area contributed by atoms with Crippen LogP contribution in [0.15, 0.2) is 41.1 Å². The van der Waals surface area contributed by atoms with E-state index < -0.39 is 0 Å². The molecule has 1 fully saturated rings. The molecule has 1 saturated carbocycles. The Balaban J connectivity index is 1.66. The van der Waals surface area contributed by atoms with Crippen molar-refractivity contribution in [2.75, 3.05) is 10.6 Å². The molecule has 3 rings (SSSR count). The van der Waals surface area contributed by atoms with Crippen molar-refractivity contribution in [3.05, 3.63) is 41.1 Å². The first-order chi connectivity index (χ1) is 10.3. The summed E-state index contributed by atoms with van der Waals surface area (Å²) in [6.07, 6.45) is 8.06. The smallest absolute Gasteiger partial charge is 0.135 e. The molecule has 1 aliphatic rings. The second-order valence-corrected chi connectivity index (χ2v) is 6.32. The Bertz CT molecular complexity index is 579. The first kappa shape index (κ1) is 14.3. The number of nitrogens with one attached hydrogen (secondary N) is 2. The molecule has 0 unspecified atom stereocenters. The minimum Gasteiger partial charge on any atom is -0.367 e. The van der Waals surface area contributed by atoms with Gasteiger partial charge < -0.3 is 10.6 Å². The number of benzene rings is 1. The first-order valence-electron chi connectivity index (χ1n) is 7.41. The number of halogens is 1. The van der Waals surface area contributed by atoms with Gasteiger partial charge in [0.05, 0.1) is 0 Å². The van der Waals surface area contributed by atoms with Crippen LogP contribution in [0.1, 0.15) is 32.1 Å². The third-order valence-electron chi connectivity index (χ3n) is 3.74. The van der Waals surface area contributed by atoms with E-state index >= 15 is 0 Å². The Morgan fingerprint density at radius 3 is 2.43 bits per heavy atom. The fourth-order valence-corrected chi connectivity index (χ4v) is 2.91. The summed E-state index contributed by atoms with van der Waals surface area (Å²) >= 11 is 3.43. The molecule has 0 amide bonds. The van der Waals surface area contributed by atoms with Gasteiger partial charge in [-0.25, -0.2) is 9.97 Å². The third kappa shape index (κ3) is 4.17. The van der Waals surface area contributed by atoms with Crippen molar-refractivity contribution in [2.45, 2.75) is 38.1 Å². The van der Waals surface area contributed by atoms with Gasteiger partial charge in [-0.2, -0.15) is 0 Å². The predicted molar refractivity (Wildman–Crippen MR) is 90.0 cm³/mol. The molecule has 0 spiro atoms. The highest BCUT2D eigenvalue weighted by molar-refractivity contribution is 9.10. The molecular formula is C16H19BrN4. The molecule has 1 aromatic heterocycles. The Labute approximate surface area is 133 Å². The SMILES string of the molecule is Brc1ccc(Nc2cc(NC3CCCCC3)ncn2)cc1. The van der Waals surface area contributed by atoms with Crippen molar-refractivity contribution in [1.82, 2.24) is 9.97 Å². The largest absolute Gasteiger partial charge is 0.367 e. The van der Waals surface area contributed by atoms with E-state index in [9.17, 15) is 0 Å². The van der Waals surface area contributed by atoms with E-state index in [-0.39, 0.29) is 0 Å². The van der Waals surface area contributed by atoms with Crippen LogP contribution < -0.4 is 10.6 Å². The molecule has 21 heavy (non-hydrogen) atoms. The van der Waals surface area contributed by atoms with E-state index in [0.29, 0.717) is 6.04 Å². The molecule has 0 bridgehead atoms. The summed E-state index contributed by atoms with van der Waals surface area (Å²) in [6, 6.07) is 10.6. The second-order valence-electron chi connectivity index (χ2n) is 5.40. The van der Waals surface area contributed by atoms with Gasteiger partial charge in [0.2, 0.25) is 0 Å². The molecule has 0 aliphatic heterocycles. The summed E-state index contributed by atoms with van der Waals surface area (Å²) < 4.78 is 1.07. The Kier molecular flexibility index (Phi) is 4.70. The van der Waals surface area contributed by atoms with Gasteiger partial charge in [-0.1, -0.05) is 35.2 Å². The molecule has 1 aliphatic carbocycles. The van der Waals surface area contributed by atoms with Gasteiger partial charge in [-0.3, -0.25) is 0 Å². The zero-order valence-electron chi connectivity index (χ0n) is 11.8. The zero-order chi connectivity index (χ0) is 14.5.